The Kier molecular flexibility index (Phi) is 2.96. The van der Waals surface area contributed by atoms with E-state index in [1.54, 1.807) is 6.07 Å². The maximum absolute atomic E-state index is 12.2. The summed E-state index contributed by atoms with van der Waals surface area (Å²) in [6.45, 7) is 3.68. The number of ether oxygens (including phenoxy) is 1. The van der Waals surface area contributed by atoms with E-state index in [0.717, 1.165) is 5.56 Å². The summed E-state index contributed by atoms with van der Waals surface area (Å²) < 4.78 is 65.6. The molecular weight excluding hydrogens is 283 g/mol. The predicted molar refractivity (Wildman–Crippen MR) is 63.5 cm³/mol. The summed E-state index contributed by atoms with van der Waals surface area (Å²) in [6, 6.07) is 4.10. The fourth-order valence-corrected chi connectivity index (χ4v) is 2.42. The summed E-state index contributed by atoms with van der Waals surface area (Å²) in [5.74, 6) is 0.396. The lowest BCUT2D eigenvalue weighted by Gasteiger charge is -2.17. The van der Waals surface area contributed by atoms with Crippen molar-refractivity contribution in [2.45, 2.75) is 31.4 Å². The van der Waals surface area contributed by atoms with Crippen molar-refractivity contribution in [3.05, 3.63) is 23.8 Å². The standard InChI is InChI=1S/C11H12F3NO3S/c1-10(2)6-7-3-4-8(5-9(7)18-10)15-19(16,17)11(12,13)14/h3-5,15H,6H2,1-2H3. The van der Waals surface area contributed by atoms with Gasteiger partial charge in [-0.15, -0.1) is 0 Å². The lowest BCUT2D eigenvalue weighted by molar-refractivity contribution is -0.0429. The van der Waals surface area contributed by atoms with Gasteiger partial charge in [0.2, 0.25) is 0 Å². The van der Waals surface area contributed by atoms with Crippen molar-refractivity contribution in [2.24, 2.45) is 0 Å². The van der Waals surface area contributed by atoms with Crippen LogP contribution >= 0.6 is 0 Å². The van der Waals surface area contributed by atoms with Gasteiger partial charge in [-0.3, -0.25) is 4.72 Å². The fourth-order valence-electron chi connectivity index (χ4n) is 1.86. The molecule has 106 valence electrons. The summed E-state index contributed by atoms with van der Waals surface area (Å²) in [4.78, 5) is 0. The van der Waals surface area contributed by atoms with Crippen LogP contribution in [-0.2, 0) is 16.4 Å². The van der Waals surface area contributed by atoms with Crippen molar-refractivity contribution < 1.29 is 26.3 Å². The highest BCUT2D eigenvalue weighted by molar-refractivity contribution is 7.93. The summed E-state index contributed by atoms with van der Waals surface area (Å²) in [5.41, 5.74) is -5.12. The van der Waals surface area contributed by atoms with Gasteiger partial charge in [0.15, 0.2) is 0 Å². The highest BCUT2D eigenvalue weighted by Crippen LogP contribution is 2.37. The number of anilines is 1. The number of rotatable bonds is 2. The van der Waals surface area contributed by atoms with Crippen molar-refractivity contribution in [1.82, 2.24) is 0 Å². The summed E-state index contributed by atoms with van der Waals surface area (Å²) in [5, 5.41) is 0. The van der Waals surface area contributed by atoms with E-state index in [4.69, 9.17) is 4.74 Å². The molecule has 0 bridgehead atoms. The van der Waals surface area contributed by atoms with E-state index in [2.05, 4.69) is 0 Å². The van der Waals surface area contributed by atoms with Gasteiger partial charge in [0, 0.05) is 12.5 Å². The molecule has 4 nitrogen and oxygen atoms in total. The summed E-state index contributed by atoms with van der Waals surface area (Å²) >= 11 is 0. The van der Waals surface area contributed by atoms with Gasteiger partial charge in [-0.25, -0.2) is 0 Å². The van der Waals surface area contributed by atoms with Gasteiger partial charge in [-0.2, -0.15) is 21.6 Å². The quantitative estimate of drug-likeness (QED) is 0.912. The fraction of sp³-hybridized carbons (Fsp3) is 0.455. The molecule has 0 spiro atoms. The van der Waals surface area contributed by atoms with Crippen LogP contribution in [0.5, 0.6) is 5.75 Å². The molecule has 0 radical (unpaired) electrons. The lowest BCUT2D eigenvalue weighted by Crippen LogP contribution is -2.29. The van der Waals surface area contributed by atoms with Crippen molar-refractivity contribution in [2.75, 3.05) is 4.72 Å². The molecule has 0 amide bonds. The van der Waals surface area contributed by atoms with Crippen molar-refractivity contribution in [3.8, 4) is 5.75 Å². The minimum Gasteiger partial charge on any atom is -0.487 e. The van der Waals surface area contributed by atoms with Gasteiger partial charge in [0.05, 0.1) is 5.69 Å². The van der Waals surface area contributed by atoms with E-state index < -0.39 is 21.1 Å². The van der Waals surface area contributed by atoms with Crippen molar-refractivity contribution in [3.63, 3.8) is 0 Å². The maximum atomic E-state index is 12.2. The topological polar surface area (TPSA) is 55.4 Å². The first-order valence-electron chi connectivity index (χ1n) is 5.41. The second kappa shape index (κ2) is 4.03. The summed E-state index contributed by atoms with van der Waals surface area (Å²) in [7, 11) is -5.40. The number of halogens is 3. The first kappa shape index (κ1) is 14.0. The smallest absolute Gasteiger partial charge is 0.487 e. The number of sulfonamides is 1. The third kappa shape index (κ3) is 2.78. The number of nitrogens with one attached hydrogen (secondary N) is 1. The first-order chi connectivity index (χ1) is 8.50. The van der Waals surface area contributed by atoms with Crippen LogP contribution in [0.4, 0.5) is 18.9 Å². The Morgan fingerprint density at radius 1 is 1.32 bits per heavy atom. The molecule has 1 aliphatic rings. The van der Waals surface area contributed by atoms with E-state index >= 15 is 0 Å². The molecule has 8 heteroatoms. The number of hydrogen-bond donors (Lipinski definition) is 1. The van der Waals surface area contributed by atoms with Gasteiger partial charge in [0.25, 0.3) is 0 Å². The van der Waals surface area contributed by atoms with E-state index in [9.17, 15) is 21.6 Å². The molecule has 0 unspecified atom stereocenters. The zero-order valence-corrected chi connectivity index (χ0v) is 11.0. The Hall–Kier alpha value is -1.44. The van der Waals surface area contributed by atoms with E-state index in [1.807, 2.05) is 13.8 Å². The highest BCUT2D eigenvalue weighted by atomic mass is 32.2. The Bertz CT molecular complexity index is 608. The zero-order valence-electron chi connectivity index (χ0n) is 10.2. The second-order valence-corrected chi connectivity index (χ2v) is 6.59. The maximum Gasteiger partial charge on any atom is 0.516 e. The molecule has 0 atom stereocenters. The Labute approximate surface area is 108 Å². The molecule has 0 aromatic heterocycles. The van der Waals surface area contributed by atoms with E-state index in [0.29, 0.717) is 12.2 Å². The van der Waals surface area contributed by atoms with Crippen LogP contribution in [0, 0.1) is 0 Å². The highest BCUT2D eigenvalue weighted by Gasteiger charge is 2.46. The molecule has 0 saturated carbocycles. The van der Waals surface area contributed by atoms with Crippen molar-refractivity contribution in [1.29, 1.82) is 0 Å². The van der Waals surface area contributed by atoms with Crippen LogP contribution < -0.4 is 9.46 Å². The van der Waals surface area contributed by atoms with Crippen LogP contribution in [0.3, 0.4) is 0 Å². The van der Waals surface area contributed by atoms with Gasteiger partial charge < -0.3 is 4.74 Å². The van der Waals surface area contributed by atoms with Crippen LogP contribution in [0.1, 0.15) is 19.4 Å². The van der Waals surface area contributed by atoms with Crippen molar-refractivity contribution >= 4 is 15.7 Å². The van der Waals surface area contributed by atoms with Gasteiger partial charge in [-0.1, -0.05) is 6.07 Å². The monoisotopic (exact) mass is 295 g/mol. The molecule has 1 aliphatic heterocycles. The van der Waals surface area contributed by atoms with E-state index in [-0.39, 0.29) is 5.69 Å². The third-order valence-corrected chi connectivity index (χ3v) is 3.74. The first-order valence-corrected chi connectivity index (χ1v) is 6.90. The van der Waals surface area contributed by atoms with Crippen LogP contribution in [0.15, 0.2) is 18.2 Å². The van der Waals surface area contributed by atoms with E-state index in [1.165, 1.54) is 16.9 Å². The predicted octanol–water partition coefficient (Wildman–Crippen LogP) is 2.66. The average Bonchev–Trinajstić information content (AvgIpc) is 2.48. The number of alkyl halides is 3. The third-order valence-electron chi connectivity index (χ3n) is 2.63. The van der Waals surface area contributed by atoms with Gasteiger partial charge >= 0.3 is 15.5 Å². The van der Waals surface area contributed by atoms with Crippen LogP contribution in [0.25, 0.3) is 0 Å². The largest absolute Gasteiger partial charge is 0.516 e. The minimum absolute atomic E-state index is 0.172. The Balaban J connectivity index is 2.27. The molecule has 2 rings (SSSR count). The Morgan fingerprint density at radius 3 is 2.53 bits per heavy atom. The minimum atomic E-state index is -5.40. The zero-order chi connectivity index (χ0) is 14.5. The van der Waals surface area contributed by atoms with Crippen LogP contribution in [0.2, 0.25) is 0 Å². The number of benzene rings is 1. The summed E-state index contributed by atoms with van der Waals surface area (Å²) in [6.07, 6.45) is 0.620. The lowest BCUT2D eigenvalue weighted by atomic mass is 10.0. The second-order valence-electron chi connectivity index (χ2n) is 4.91. The van der Waals surface area contributed by atoms with Gasteiger partial charge in [0.1, 0.15) is 11.4 Å². The normalized spacial score (nSPS) is 17.7. The molecule has 1 N–H and O–H groups in total. The number of fused-ring (bicyclic) bond motifs is 1. The molecule has 1 aromatic carbocycles. The Morgan fingerprint density at radius 2 is 1.95 bits per heavy atom. The molecule has 1 aromatic rings. The van der Waals surface area contributed by atoms with Crippen LogP contribution in [-0.4, -0.2) is 19.5 Å². The molecule has 1 heterocycles. The number of hydrogen-bond acceptors (Lipinski definition) is 3. The molecular formula is C11H12F3NO3S. The molecule has 0 saturated heterocycles. The average molecular weight is 295 g/mol. The molecule has 0 aliphatic carbocycles. The molecule has 0 fully saturated rings. The van der Waals surface area contributed by atoms with Gasteiger partial charge in [-0.05, 0) is 25.5 Å². The molecule has 19 heavy (non-hydrogen) atoms. The SMILES string of the molecule is CC1(C)Cc2ccc(NS(=O)(=O)C(F)(F)F)cc2O1.